The van der Waals surface area contributed by atoms with Gasteiger partial charge in [-0.2, -0.15) is 0 Å². The minimum atomic E-state index is -0.350. The fourth-order valence-electron chi connectivity index (χ4n) is 2.56. The molecule has 0 spiro atoms. The Bertz CT molecular complexity index is 417. The molecule has 0 atom stereocenters. The van der Waals surface area contributed by atoms with Crippen molar-refractivity contribution in [3.8, 4) is 0 Å². The summed E-state index contributed by atoms with van der Waals surface area (Å²) in [6.45, 7) is 3.92. The van der Waals surface area contributed by atoms with Crippen LogP contribution in [0.3, 0.4) is 0 Å². The van der Waals surface area contributed by atoms with Crippen molar-refractivity contribution in [3.05, 3.63) is 35.9 Å². The lowest BCUT2D eigenvalue weighted by Crippen LogP contribution is -2.39. The number of hydrogen-bond donors (Lipinski definition) is 2. The molecule has 1 fully saturated rings. The first-order valence-corrected chi connectivity index (χ1v) is 7.55. The first-order valence-electron chi connectivity index (χ1n) is 7.55. The molecule has 21 heavy (non-hydrogen) atoms. The number of aliphatic hydroxyl groups excluding tert-OH is 1. The topological polar surface area (TPSA) is 61.8 Å². The molecular weight excluding hydrogens is 268 g/mol. The van der Waals surface area contributed by atoms with Gasteiger partial charge in [0.05, 0.1) is 6.61 Å². The maximum atomic E-state index is 11.6. The molecule has 2 rings (SSSR count). The van der Waals surface area contributed by atoms with Crippen LogP contribution in [0.25, 0.3) is 0 Å². The van der Waals surface area contributed by atoms with E-state index in [-0.39, 0.29) is 12.7 Å². The first kappa shape index (κ1) is 15.8. The van der Waals surface area contributed by atoms with E-state index in [2.05, 4.69) is 10.2 Å². The number of nitrogens with one attached hydrogen (secondary N) is 1. The molecule has 0 saturated carbocycles. The van der Waals surface area contributed by atoms with Gasteiger partial charge >= 0.3 is 6.09 Å². The van der Waals surface area contributed by atoms with E-state index in [0.717, 1.165) is 38.0 Å². The zero-order valence-corrected chi connectivity index (χ0v) is 12.3. The second-order valence-electron chi connectivity index (χ2n) is 5.45. The van der Waals surface area contributed by atoms with Crippen LogP contribution in [0.1, 0.15) is 18.4 Å². The second kappa shape index (κ2) is 8.64. The van der Waals surface area contributed by atoms with Gasteiger partial charge in [-0.05, 0) is 37.4 Å². The highest BCUT2D eigenvalue weighted by Gasteiger charge is 2.19. The Balaban J connectivity index is 1.59. The fourth-order valence-corrected chi connectivity index (χ4v) is 2.56. The summed E-state index contributed by atoms with van der Waals surface area (Å²) in [6.07, 6.45) is 1.76. The van der Waals surface area contributed by atoms with Gasteiger partial charge in [-0.25, -0.2) is 4.79 Å². The average molecular weight is 292 g/mol. The van der Waals surface area contributed by atoms with Crippen LogP contribution in [-0.2, 0) is 11.3 Å². The zero-order chi connectivity index (χ0) is 14.9. The maximum absolute atomic E-state index is 11.6. The number of hydrogen-bond acceptors (Lipinski definition) is 4. The van der Waals surface area contributed by atoms with E-state index < -0.39 is 0 Å². The van der Waals surface area contributed by atoms with E-state index in [1.165, 1.54) is 0 Å². The largest absolute Gasteiger partial charge is 0.445 e. The van der Waals surface area contributed by atoms with Crippen molar-refractivity contribution in [2.24, 2.45) is 5.92 Å². The molecule has 1 aliphatic heterocycles. The Morgan fingerprint density at radius 1 is 1.29 bits per heavy atom. The van der Waals surface area contributed by atoms with Crippen LogP contribution in [0.4, 0.5) is 4.79 Å². The molecule has 1 aromatic rings. The van der Waals surface area contributed by atoms with Gasteiger partial charge in [0.25, 0.3) is 0 Å². The van der Waals surface area contributed by atoms with Crippen molar-refractivity contribution >= 4 is 6.09 Å². The Hall–Kier alpha value is -1.59. The molecule has 1 aliphatic rings. The van der Waals surface area contributed by atoms with Crippen LogP contribution in [-0.4, -0.2) is 48.9 Å². The molecule has 0 aliphatic carbocycles. The van der Waals surface area contributed by atoms with Crippen molar-refractivity contribution in [2.75, 3.05) is 32.8 Å². The highest BCUT2D eigenvalue weighted by Crippen LogP contribution is 2.15. The Morgan fingerprint density at radius 3 is 2.67 bits per heavy atom. The van der Waals surface area contributed by atoms with Gasteiger partial charge in [0.1, 0.15) is 6.61 Å². The molecule has 5 nitrogen and oxygen atoms in total. The molecule has 0 aromatic heterocycles. The molecule has 1 amide bonds. The Kier molecular flexibility index (Phi) is 6.50. The molecule has 0 bridgehead atoms. The predicted molar refractivity (Wildman–Crippen MR) is 80.9 cm³/mol. The number of alkyl carbamates (subject to hydrolysis) is 1. The molecule has 1 heterocycles. The van der Waals surface area contributed by atoms with Crippen molar-refractivity contribution in [2.45, 2.75) is 19.4 Å². The summed E-state index contributed by atoms with van der Waals surface area (Å²) >= 11 is 0. The number of carbonyl (C=O) groups is 1. The van der Waals surface area contributed by atoms with Gasteiger partial charge in [-0.3, -0.25) is 0 Å². The average Bonchev–Trinajstić information content (AvgIpc) is 2.53. The van der Waals surface area contributed by atoms with Gasteiger partial charge in [0.15, 0.2) is 0 Å². The number of rotatable bonds is 6. The normalized spacial score (nSPS) is 16.6. The molecule has 2 N–H and O–H groups in total. The SMILES string of the molecule is O=C(NCC1CCN(CCO)CC1)OCc1ccccc1. The van der Waals surface area contributed by atoms with E-state index in [1.807, 2.05) is 30.3 Å². The number of likely N-dealkylation sites (tertiary alicyclic amines) is 1. The third-order valence-electron chi connectivity index (χ3n) is 3.87. The van der Waals surface area contributed by atoms with Crippen LogP contribution in [0.2, 0.25) is 0 Å². The summed E-state index contributed by atoms with van der Waals surface area (Å²) in [5, 5.41) is 11.7. The van der Waals surface area contributed by atoms with Crippen LogP contribution >= 0.6 is 0 Å². The van der Waals surface area contributed by atoms with E-state index in [0.29, 0.717) is 19.1 Å². The molecule has 0 unspecified atom stereocenters. The number of nitrogens with zero attached hydrogens (tertiary/aromatic N) is 1. The summed E-state index contributed by atoms with van der Waals surface area (Å²) in [6, 6.07) is 9.66. The summed E-state index contributed by atoms with van der Waals surface area (Å²) < 4.78 is 5.19. The third kappa shape index (κ3) is 5.73. The monoisotopic (exact) mass is 292 g/mol. The highest BCUT2D eigenvalue weighted by molar-refractivity contribution is 5.67. The van der Waals surface area contributed by atoms with E-state index in [4.69, 9.17) is 9.84 Å². The van der Waals surface area contributed by atoms with E-state index in [1.54, 1.807) is 0 Å². The smallest absolute Gasteiger partial charge is 0.407 e. The fraction of sp³-hybridized carbons (Fsp3) is 0.562. The molecule has 1 saturated heterocycles. The second-order valence-corrected chi connectivity index (χ2v) is 5.45. The van der Waals surface area contributed by atoms with Gasteiger partial charge in [-0.15, -0.1) is 0 Å². The lowest BCUT2D eigenvalue weighted by atomic mass is 9.97. The predicted octanol–water partition coefficient (Wildman–Crippen LogP) is 1.62. The van der Waals surface area contributed by atoms with E-state index in [9.17, 15) is 4.79 Å². The van der Waals surface area contributed by atoms with Gasteiger partial charge in [-0.1, -0.05) is 30.3 Å². The number of carbonyl (C=O) groups excluding carboxylic acids is 1. The number of β-amino-alcohol motifs (C(OH)–C–C–N with tert-alkyl or cyclic N) is 1. The Labute approximate surface area is 125 Å². The van der Waals surface area contributed by atoms with Crippen LogP contribution < -0.4 is 5.32 Å². The number of benzene rings is 1. The first-order chi connectivity index (χ1) is 10.3. The van der Waals surface area contributed by atoms with Crippen LogP contribution in [0.5, 0.6) is 0 Å². The third-order valence-corrected chi connectivity index (χ3v) is 3.87. The van der Waals surface area contributed by atoms with Crippen molar-refractivity contribution < 1.29 is 14.6 Å². The summed E-state index contributed by atoms with van der Waals surface area (Å²) in [4.78, 5) is 13.9. The lowest BCUT2D eigenvalue weighted by molar-refractivity contribution is 0.128. The minimum Gasteiger partial charge on any atom is -0.445 e. The lowest BCUT2D eigenvalue weighted by Gasteiger charge is -2.31. The maximum Gasteiger partial charge on any atom is 0.407 e. The van der Waals surface area contributed by atoms with Gasteiger partial charge in [0.2, 0.25) is 0 Å². The molecule has 5 heteroatoms. The zero-order valence-electron chi connectivity index (χ0n) is 12.3. The molecule has 1 aromatic carbocycles. The van der Waals surface area contributed by atoms with Crippen molar-refractivity contribution in [1.82, 2.24) is 10.2 Å². The number of ether oxygens (including phenoxy) is 1. The van der Waals surface area contributed by atoms with Gasteiger partial charge < -0.3 is 20.1 Å². The summed E-state index contributed by atoms with van der Waals surface area (Å²) in [7, 11) is 0. The highest BCUT2D eigenvalue weighted by atomic mass is 16.5. The molecule has 116 valence electrons. The number of piperidine rings is 1. The number of amides is 1. The number of aliphatic hydroxyl groups is 1. The van der Waals surface area contributed by atoms with Crippen molar-refractivity contribution in [3.63, 3.8) is 0 Å². The van der Waals surface area contributed by atoms with Crippen LogP contribution in [0, 0.1) is 5.92 Å². The molecule has 0 radical (unpaired) electrons. The summed E-state index contributed by atoms with van der Waals surface area (Å²) in [5.74, 6) is 0.504. The van der Waals surface area contributed by atoms with E-state index >= 15 is 0 Å². The van der Waals surface area contributed by atoms with Crippen LogP contribution in [0.15, 0.2) is 30.3 Å². The summed E-state index contributed by atoms with van der Waals surface area (Å²) in [5.41, 5.74) is 0.991. The van der Waals surface area contributed by atoms with Gasteiger partial charge in [0, 0.05) is 13.1 Å². The standard InChI is InChI=1S/C16H24N2O3/c19-11-10-18-8-6-14(7-9-18)12-17-16(20)21-13-15-4-2-1-3-5-15/h1-5,14,19H,6-13H2,(H,17,20). The van der Waals surface area contributed by atoms with Crippen molar-refractivity contribution in [1.29, 1.82) is 0 Å². The molecular formula is C16H24N2O3. The quantitative estimate of drug-likeness (QED) is 0.836. The Morgan fingerprint density at radius 2 is 2.00 bits per heavy atom. The minimum absolute atomic E-state index is 0.217.